The summed E-state index contributed by atoms with van der Waals surface area (Å²) in [7, 11) is -3.43. The summed E-state index contributed by atoms with van der Waals surface area (Å²) in [5, 5.41) is 0. The summed E-state index contributed by atoms with van der Waals surface area (Å²) in [6.07, 6.45) is 0.801. The molecule has 2 aromatic carbocycles. The zero-order valence-corrected chi connectivity index (χ0v) is 14.1. The summed E-state index contributed by atoms with van der Waals surface area (Å²) < 4.78 is 24.9. The van der Waals surface area contributed by atoms with E-state index < -0.39 is 9.84 Å². The van der Waals surface area contributed by atoms with Crippen LogP contribution in [0.2, 0.25) is 0 Å². The third kappa shape index (κ3) is 3.66. The van der Waals surface area contributed by atoms with Gasteiger partial charge in [0.15, 0.2) is 9.84 Å². The van der Waals surface area contributed by atoms with Crippen molar-refractivity contribution in [3.8, 4) is 0 Å². The summed E-state index contributed by atoms with van der Waals surface area (Å²) >= 11 is 0. The van der Waals surface area contributed by atoms with Crippen molar-refractivity contribution >= 4 is 15.7 Å². The number of nitrogens with two attached hydrogens (primary N) is 1. The van der Waals surface area contributed by atoms with E-state index in [0.29, 0.717) is 18.7 Å². The second-order valence-electron chi connectivity index (χ2n) is 6.07. The first-order chi connectivity index (χ1) is 11.5. The minimum atomic E-state index is -3.43. The number of likely N-dealkylation sites (tertiary alicyclic amines) is 1. The van der Waals surface area contributed by atoms with Crippen LogP contribution in [0.4, 0.5) is 0 Å². The number of nitrogens with zero attached hydrogens (tertiary/aromatic N) is 1. The fraction of sp³-hybridized carbons (Fsp3) is 0.278. The summed E-state index contributed by atoms with van der Waals surface area (Å²) in [4.78, 5) is 14.3. The zero-order chi connectivity index (χ0) is 17.2. The maximum Gasteiger partial charge on any atom is 0.253 e. The third-order valence-electron chi connectivity index (χ3n) is 4.17. The molecule has 2 aromatic rings. The Hall–Kier alpha value is -2.18. The average Bonchev–Trinajstić information content (AvgIpc) is 3.01. The number of rotatable bonds is 4. The Bertz CT molecular complexity index is 817. The second kappa shape index (κ2) is 6.75. The van der Waals surface area contributed by atoms with E-state index in [-0.39, 0.29) is 22.6 Å². The van der Waals surface area contributed by atoms with E-state index in [0.717, 1.165) is 12.0 Å². The fourth-order valence-corrected chi connectivity index (χ4v) is 4.18. The maximum atomic E-state index is 12.5. The van der Waals surface area contributed by atoms with E-state index in [1.54, 1.807) is 29.2 Å². The van der Waals surface area contributed by atoms with Crippen LogP contribution < -0.4 is 5.73 Å². The highest BCUT2D eigenvalue weighted by atomic mass is 32.2. The van der Waals surface area contributed by atoms with Gasteiger partial charge in [-0.1, -0.05) is 30.3 Å². The minimum absolute atomic E-state index is 0.0273. The van der Waals surface area contributed by atoms with Gasteiger partial charge < -0.3 is 10.6 Å². The molecule has 2 N–H and O–H groups in total. The van der Waals surface area contributed by atoms with Crippen LogP contribution in [-0.2, 0) is 15.6 Å². The van der Waals surface area contributed by atoms with Crippen LogP contribution in [0.5, 0.6) is 0 Å². The number of amides is 1. The van der Waals surface area contributed by atoms with Crippen LogP contribution in [-0.4, -0.2) is 38.4 Å². The molecule has 1 aliphatic rings. The topological polar surface area (TPSA) is 80.5 Å². The lowest BCUT2D eigenvalue weighted by Crippen LogP contribution is -2.31. The van der Waals surface area contributed by atoms with Crippen LogP contribution in [0.1, 0.15) is 22.3 Å². The van der Waals surface area contributed by atoms with E-state index in [2.05, 4.69) is 0 Å². The van der Waals surface area contributed by atoms with Gasteiger partial charge in [0.1, 0.15) is 0 Å². The normalized spacial score (nSPS) is 17.9. The molecule has 1 fully saturated rings. The standard InChI is InChI=1S/C18H20N2O3S/c19-16-10-11-20(12-16)18(21)15-6-8-17(9-7-15)24(22,23)13-14-4-2-1-3-5-14/h1-9,16H,10-13,19H2/t16-/m0/s1. The number of hydrogen-bond donors (Lipinski definition) is 1. The van der Waals surface area contributed by atoms with Gasteiger partial charge in [-0.15, -0.1) is 0 Å². The van der Waals surface area contributed by atoms with E-state index in [1.807, 2.05) is 18.2 Å². The Labute approximate surface area is 142 Å². The molecule has 6 heteroatoms. The molecular weight excluding hydrogens is 324 g/mol. The molecule has 1 amide bonds. The molecule has 0 saturated carbocycles. The molecule has 1 saturated heterocycles. The van der Waals surface area contributed by atoms with Crippen molar-refractivity contribution in [3.05, 3.63) is 65.7 Å². The summed E-state index contributed by atoms with van der Waals surface area (Å²) in [6, 6.07) is 15.2. The van der Waals surface area contributed by atoms with Crippen molar-refractivity contribution in [2.24, 2.45) is 5.73 Å². The Kier molecular flexibility index (Phi) is 4.69. The minimum Gasteiger partial charge on any atom is -0.337 e. The highest BCUT2D eigenvalue weighted by Gasteiger charge is 2.25. The van der Waals surface area contributed by atoms with Gasteiger partial charge in [-0.2, -0.15) is 0 Å². The van der Waals surface area contributed by atoms with Gasteiger partial charge in [0.25, 0.3) is 5.91 Å². The van der Waals surface area contributed by atoms with Gasteiger partial charge in [-0.3, -0.25) is 4.79 Å². The molecule has 0 radical (unpaired) electrons. The number of sulfone groups is 1. The van der Waals surface area contributed by atoms with Crippen LogP contribution in [0.15, 0.2) is 59.5 Å². The van der Waals surface area contributed by atoms with Gasteiger partial charge in [-0.05, 0) is 36.2 Å². The lowest BCUT2D eigenvalue weighted by Gasteiger charge is -2.16. The molecule has 24 heavy (non-hydrogen) atoms. The number of benzene rings is 2. The number of hydrogen-bond acceptors (Lipinski definition) is 4. The SMILES string of the molecule is N[C@H]1CCN(C(=O)c2ccc(S(=O)(=O)Cc3ccccc3)cc2)C1. The highest BCUT2D eigenvalue weighted by molar-refractivity contribution is 7.90. The molecule has 1 heterocycles. The van der Waals surface area contributed by atoms with Crippen molar-refractivity contribution in [3.63, 3.8) is 0 Å². The molecule has 3 rings (SSSR count). The molecular formula is C18H20N2O3S. The molecule has 0 aromatic heterocycles. The predicted octanol–water partition coefficient (Wildman–Crippen LogP) is 1.83. The Morgan fingerprint density at radius 2 is 1.75 bits per heavy atom. The second-order valence-corrected chi connectivity index (χ2v) is 8.06. The zero-order valence-electron chi connectivity index (χ0n) is 13.3. The molecule has 5 nitrogen and oxygen atoms in total. The van der Waals surface area contributed by atoms with Crippen molar-refractivity contribution in [1.82, 2.24) is 4.90 Å². The Balaban J connectivity index is 1.75. The summed E-state index contributed by atoms with van der Waals surface area (Å²) in [5.74, 6) is -0.155. The summed E-state index contributed by atoms with van der Waals surface area (Å²) in [5.41, 5.74) is 7.05. The van der Waals surface area contributed by atoms with E-state index in [4.69, 9.17) is 5.73 Å². The van der Waals surface area contributed by atoms with E-state index >= 15 is 0 Å². The third-order valence-corrected chi connectivity index (χ3v) is 5.88. The lowest BCUT2D eigenvalue weighted by atomic mass is 10.2. The monoisotopic (exact) mass is 344 g/mol. The highest BCUT2D eigenvalue weighted by Crippen LogP contribution is 2.19. The smallest absolute Gasteiger partial charge is 0.253 e. The van der Waals surface area contributed by atoms with Crippen molar-refractivity contribution in [2.75, 3.05) is 13.1 Å². The van der Waals surface area contributed by atoms with E-state index in [1.165, 1.54) is 12.1 Å². The van der Waals surface area contributed by atoms with Crippen molar-refractivity contribution < 1.29 is 13.2 Å². The fourth-order valence-electron chi connectivity index (χ4n) is 2.84. The molecule has 0 aliphatic carbocycles. The quantitative estimate of drug-likeness (QED) is 0.918. The molecule has 0 spiro atoms. The first-order valence-electron chi connectivity index (χ1n) is 7.87. The van der Waals surface area contributed by atoms with Crippen molar-refractivity contribution in [1.29, 1.82) is 0 Å². The predicted molar refractivity (Wildman–Crippen MR) is 92.3 cm³/mol. The largest absolute Gasteiger partial charge is 0.337 e. The van der Waals surface area contributed by atoms with Crippen LogP contribution >= 0.6 is 0 Å². The van der Waals surface area contributed by atoms with Gasteiger partial charge >= 0.3 is 0 Å². The Morgan fingerprint density at radius 1 is 1.08 bits per heavy atom. The van der Waals surface area contributed by atoms with Gasteiger partial charge in [-0.25, -0.2) is 8.42 Å². The van der Waals surface area contributed by atoms with Crippen LogP contribution in [0.3, 0.4) is 0 Å². The molecule has 0 bridgehead atoms. The van der Waals surface area contributed by atoms with Gasteiger partial charge in [0.2, 0.25) is 0 Å². The molecule has 1 aliphatic heterocycles. The van der Waals surface area contributed by atoms with E-state index in [9.17, 15) is 13.2 Å². The van der Waals surface area contributed by atoms with Crippen LogP contribution in [0, 0.1) is 0 Å². The molecule has 1 atom stereocenters. The average molecular weight is 344 g/mol. The molecule has 0 unspecified atom stereocenters. The molecule has 126 valence electrons. The maximum absolute atomic E-state index is 12.5. The van der Waals surface area contributed by atoms with Gasteiger partial charge in [0, 0.05) is 24.7 Å². The number of carbonyl (C=O) groups is 1. The van der Waals surface area contributed by atoms with Crippen LogP contribution in [0.25, 0.3) is 0 Å². The first-order valence-corrected chi connectivity index (χ1v) is 9.52. The van der Waals surface area contributed by atoms with Crippen molar-refractivity contribution in [2.45, 2.75) is 23.1 Å². The van der Waals surface area contributed by atoms with Gasteiger partial charge in [0.05, 0.1) is 10.6 Å². The lowest BCUT2D eigenvalue weighted by molar-refractivity contribution is 0.0791. The summed E-state index contributed by atoms with van der Waals surface area (Å²) in [6.45, 7) is 1.20. The number of carbonyl (C=O) groups excluding carboxylic acids is 1. The Morgan fingerprint density at radius 3 is 2.33 bits per heavy atom. The first kappa shape index (κ1) is 16.7.